The second kappa shape index (κ2) is 11.3. The molecule has 1 amide bonds. The molecule has 1 aromatic rings. The molecule has 2 rings (SSSR count). The fourth-order valence-corrected chi connectivity index (χ4v) is 3.45. The number of methoxy groups -OCH3 is 2. The first kappa shape index (κ1) is 24.1. The minimum atomic E-state index is -0.905. The topological polar surface area (TPSA) is 137 Å². The molecule has 0 bridgehead atoms. The molecule has 1 aliphatic rings. The summed E-state index contributed by atoms with van der Waals surface area (Å²) >= 11 is 0. The number of carbonyl (C=O) groups excluding carboxylic acids is 3. The van der Waals surface area contributed by atoms with Gasteiger partial charge in [-0.3, -0.25) is 29.4 Å². The number of benzene rings is 1. The fraction of sp³-hybridized carbons (Fsp3) is 0.550. The molecule has 0 saturated carbocycles. The zero-order valence-electron chi connectivity index (χ0n) is 17.8. The number of carbonyl (C=O) groups is 3. The summed E-state index contributed by atoms with van der Waals surface area (Å²) in [5.74, 6) is -1.42. The SMILES string of the molecule is CCOC(=O)C1CCN([C@@H](CC(=O)OC)C(=O)Nc2ccc(OC)cc2[N+](=O)[O-])CC1. The Hall–Kier alpha value is -3.21. The van der Waals surface area contributed by atoms with Crippen molar-refractivity contribution in [1.29, 1.82) is 0 Å². The van der Waals surface area contributed by atoms with Gasteiger partial charge in [0.2, 0.25) is 5.91 Å². The minimum absolute atomic E-state index is 0.00734. The number of piperidine rings is 1. The van der Waals surface area contributed by atoms with Gasteiger partial charge in [-0.1, -0.05) is 0 Å². The number of nitrogens with one attached hydrogen (secondary N) is 1. The van der Waals surface area contributed by atoms with Gasteiger partial charge in [0.15, 0.2) is 0 Å². The maximum Gasteiger partial charge on any atom is 0.309 e. The lowest BCUT2D eigenvalue weighted by Gasteiger charge is -2.35. The molecule has 1 heterocycles. The first-order chi connectivity index (χ1) is 14.8. The zero-order valence-corrected chi connectivity index (χ0v) is 17.8. The number of nitrogens with zero attached hydrogens (tertiary/aromatic N) is 2. The van der Waals surface area contributed by atoms with Crippen molar-refractivity contribution < 1.29 is 33.5 Å². The van der Waals surface area contributed by atoms with E-state index >= 15 is 0 Å². The molecule has 1 saturated heterocycles. The Morgan fingerprint density at radius 3 is 2.48 bits per heavy atom. The fourth-order valence-electron chi connectivity index (χ4n) is 3.45. The van der Waals surface area contributed by atoms with Crippen LogP contribution >= 0.6 is 0 Å². The average Bonchev–Trinajstić information content (AvgIpc) is 2.77. The van der Waals surface area contributed by atoms with Crippen LogP contribution in [0.3, 0.4) is 0 Å². The van der Waals surface area contributed by atoms with Crippen LogP contribution in [0.25, 0.3) is 0 Å². The number of hydrogen-bond donors (Lipinski definition) is 1. The third kappa shape index (κ3) is 6.38. The van der Waals surface area contributed by atoms with Gasteiger partial charge in [-0.2, -0.15) is 0 Å². The van der Waals surface area contributed by atoms with Gasteiger partial charge in [-0.25, -0.2) is 0 Å². The molecule has 1 atom stereocenters. The van der Waals surface area contributed by atoms with Crippen molar-refractivity contribution >= 4 is 29.2 Å². The highest BCUT2D eigenvalue weighted by atomic mass is 16.6. The highest BCUT2D eigenvalue weighted by Gasteiger charge is 2.35. The van der Waals surface area contributed by atoms with Gasteiger partial charge < -0.3 is 19.5 Å². The number of esters is 2. The average molecular weight is 437 g/mol. The van der Waals surface area contributed by atoms with Crippen LogP contribution < -0.4 is 10.1 Å². The number of likely N-dealkylation sites (tertiary alicyclic amines) is 1. The summed E-state index contributed by atoms with van der Waals surface area (Å²) in [6.45, 7) is 2.82. The molecule has 1 aliphatic heterocycles. The lowest BCUT2D eigenvalue weighted by Crippen LogP contribution is -2.49. The van der Waals surface area contributed by atoms with E-state index in [4.69, 9.17) is 14.2 Å². The maximum atomic E-state index is 13.0. The summed E-state index contributed by atoms with van der Waals surface area (Å²) in [5.41, 5.74) is -0.336. The van der Waals surface area contributed by atoms with Crippen molar-refractivity contribution in [3.05, 3.63) is 28.3 Å². The van der Waals surface area contributed by atoms with E-state index < -0.39 is 22.8 Å². The molecular formula is C20H27N3O8. The first-order valence-electron chi connectivity index (χ1n) is 9.91. The van der Waals surface area contributed by atoms with Crippen molar-refractivity contribution in [3.8, 4) is 5.75 Å². The molecule has 1 aromatic carbocycles. The van der Waals surface area contributed by atoms with Gasteiger partial charge in [-0.15, -0.1) is 0 Å². The van der Waals surface area contributed by atoms with Crippen LogP contribution in [0, 0.1) is 16.0 Å². The molecule has 1 fully saturated rings. The first-order valence-corrected chi connectivity index (χ1v) is 9.91. The Morgan fingerprint density at radius 1 is 1.26 bits per heavy atom. The molecule has 0 unspecified atom stereocenters. The highest BCUT2D eigenvalue weighted by molar-refractivity contribution is 5.98. The number of hydrogen-bond acceptors (Lipinski definition) is 9. The van der Waals surface area contributed by atoms with Gasteiger partial charge >= 0.3 is 11.9 Å². The highest BCUT2D eigenvalue weighted by Crippen LogP contribution is 2.30. The van der Waals surface area contributed by atoms with Gasteiger partial charge in [0, 0.05) is 0 Å². The summed E-state index contributed by atoms with van der Waals surface area (Å²) in [6, 6.07) is 3.16. The number of rotatable bonds is 9. The Balaban J connectivity index is 2.17. The zero-order chi connectivity index (χ0) is 23.0. The summed E-state index contributed by atoms with van der Waals surface area (Å²) < 4.78 is 14.8. The van der Waals surface area contributed by atoms with Crippen LogP contribution in [0.2, 0.25) is 0 Å². The smallest absolute Gasteiger partial charge is 0.309 e. The number of anilines is 1. The van der Waals surface area contributed by atoms with Gasteiger partial charge in [0.05, 0.1) is 44.2 Å². The largest absolute Gasteiger partial charge is 0.496 e. The van der Waals surface area contributed by atoms with Crippen molar-refractivity contribution in [2.75, 3.05) is 39.2 Å². The van der Waals surface area contributed by atoms with E-state index in [0.29, 0.717) is 32.5 Å². The van der Waals surface area contributed by atoms with E-state index in [0.717, 1.165) is 0 Å². The van der Waals surface area contributed by atoms with E-state index in [-0.39, 0.29) is 35.4 Å². The summed E-state index contributed by atoms with van der Waals surface area (Å²) in [6.07, 6.45) is 0.731. The molecule has 0 radical (unpaired) electrons. The van der Waals surface area contributed by atoms with E-state index in [9.17, 15) is 24.5 Å². The Kier molecular flexibility index (Phi) is 8.74. The van der Waals surface area contributed by atoms with Crippen LogP contribution in [-0.2, 0) is 23.9 Å². The van der Waals surface area contributed by atoms with Crippen LogP contribution in [0.15, 0.2) is 18.2 Å². The molecule has 0 aliphatic carbocycles. The van der Waals surface area contributed by atoms with Gasteiger partial charge in [-0.05, 0) is 45.0 Å². The third-order valence-corrected chi connectivity index (χ3v) is 5.14. The van der Waals surface area contributed by atoms with Crippen molar-refractivity contribution in [2.24, 2.45) is 5.92 Å². The maximum absolute atomic E-state index is 13.0. The molecule has 11 heteroatoms. The van der Waals surface area contributed by atoms with Crippen molar-refractivity contribution in [1.82, 2.24) is 4.90 Å². The van der Waals surface area contributed by atoms with Crippen LogP contribution in [0.5, 0.6) is 5.75 Å². The van der Waals surface area contributed by atoms with Gasteiger partial charge in [0.1, 0.15) is 17.5 Å². The van der Waals surface area contributed by atoms with E-state index in [1.54, 1.807) is 11.8 Å². The summed E-state index contributed by atoms with van der Waals surface area (Å²) in [7, 11) is 2.60. The molecule has 31 heavy (non-hydrogen) atoms. The number of ether oxygens (including phenoxy) is 3. The monoisotopic (exact) mass is 437 g/mol. The molecule has 1 N–H and O–H groups in total. The Morgan fingerprint density at radius 2 is 1.94 bits per heavy atom. The van der Waals surface area contributed by atoms with E-state index in [2.05, 4.69) is 5.32 Å². The third-order valence-electron chi connectivity index (χ3n) is 5.14. The molecular weight excluding hydrogens is 410 g/mol. The summed E-state index contributed by atoms with van der Waals surface area (Å²) in [5, 5.41) is 13.9. The molecule has 0 spiro atoms. The predicted octanol–water partition coefficient (Wildman–Crippen LogP) is 1.75. The predicted molar refractivity (Wildman–Crippen MR) is 110 cm³/mol. The lowest BCUT2D eigenvalue weighted by molar-refractivity contribution is -0.384. The second-order valence-corrected chi connectivity index (χ2v) is 6.99. The van der Waals surface area contributed by atoms with Crippen LogP contribution in [0.1, 0.15) is 26.2 Å². The van der Waals surface area contributed by atoms with Crippen molar-refractivity contribution in [2.45, 2.75) is 32.2 Å². The molecule has 11 nitrogen and oxygen atoms in total. The quantitative estimate of drug-likeness (QED) is 0.348. The normalized spacial score (nSPS) is 15.6. The van der Waals surface area contributed by atoms with E-state index in [1.807, 2.05) is 0 Å². The second-order valence-electron chi connectivity index (χ2n) is 6.99. The lowest BCUT2D eigenvalue weighted by atomic mass is 9.95. The molecule has 0 aromatic heterocycles. The van der Waals surface area contributed by atoms with Crippen molar-refractivity contribution in [3.63, 3.8) is 0 Å². The number of nitro benzene ring substituents is 1. The van der Waals surface area contributed by atoms with Crippen LogP contribution in [-0.4, -0.2) is 67.6 Å². The summed E-state index contributed by atoms with van der Waals surface area (Å²) in [4.78, 5) is 49.4. The van der Waals surface area contributed by atoms with E-state index in [1.165, 1.54) is 32.4 Å². The van der Waals surface area contributed by atoms with Gasteiger partial charge in [0.25, 0.3) is 5.69 Å². The Bertz CT molecular complexity index is 821. The molecule has 170 valence electrons. The number of amides is 1. The number of nitro groups is 1. The standard InChI is InChI=1S/C20H27N3O8/c1-4-31-20(26)13-7-9-22(10-8-13)17(12-18(24)30-3)19(25)21-15-6-5-14(29-2)11-16(15)23(27)28/h5-6,11,13,17H,4,7-10,12H2,1-3H3,(H,21,25)/t17-/m0/s1. The Labute approximate surface area is 179 Å². The minimum Gasteiger partial charge on any atom is -0.496 e. The van der Waals surface area contributed by atoms with Crippen LogP contribution in [0.4, 0.5) is 11.4 Å².